The van der Waals surface area contributed by atoms with Crippen molar-refractivity contribution in [1.29, 1.82) is 0 Å². The normalized spacial score (nSPS) is 26.2. The van der Waals surface area contributed by atoms with Crippen molar-refractivity contribution in [2.75, 3.05) is 26.2 Å². The fraction of sp³-hybridized carbons (Fsp3) is 0.458. The van der Waals surface area contributed by atoms with Gasteiger partial charge in [-0.25, -0.2) is 4.98 Å². The fourth-order valence-corrected chi connectivity index (χ4v) is 5.63. The van der Waals surface area contributed by atoms with Crippen LogP contribution in [0.1, 0.15) is 43.1 Å². The highest BCUT2D eigenvalue weighted by molar-refractivity contribution is 6.42. The van der Waals surface area contributed by atoms with Gasteiger partial charge in [0.25, 0.3) is 0 Å². The first-order valence-corrected chi connectivity index (χ1v) is 12.0. The minimum Gasteiger partial charge on any atom is -0.341 e. The summed E-state index contributed by atoms with van der Waals surface area (Å²) in [5.41, 5.74) is 3.40. The molecule has 3 heterocycles. The van der Waals surface area contributed by atoms with Gasteiger partial charge >= 0.3 is 0 Å². The number of para-hydroxylation sites is 2. The van der Waals surface area contributed by atoms with Crippen LogP contribution in [0.15, 0.2) is 42.5 Å². The van der Waals surface area contributed by atoms with E-state index in [0.29, 0.717) is 28.0 Å². The van der Waals surface area contributed by atoms with E-state index < -0.39 is 0 Å². The molecule has 0 bridgehead atoms. The summed E-state index contributed by atoms with van der Waals surface area (Å²) in [6.45, 7) is 6.35. The molecule has 2 aliphatic rings. The van der Waals surface area contributed by atoms with Crippen molar-refractivity contribution in [2.45, 2.75) is 43.8 Å². The van der Waals surface area contributed by atoms with Crippen LogP contribution in [0.5, 0.6) is 0 Å². The second-order valence-electron chi connectivity index (χ2n) is 8.74. The zero-order valence-electron chi connectivity index (χ0n) is 17.7. The van der Waals surface area contributed by atoms with Gasteiger partial charge in [0, 0.05) is 31.1 Å². The van der Waals surface area contributed by atoms with E-state index in [1.165, 1.54) is 5.56 Å². The van der Waals surface area contributed by atoms with E-state index in [-0.39, 0.29) is 6.04 Å². The second kappa shape index (κ2) is 9.08. The molecule has 2 saturated heterocycles. The number of aromatic nitrogens is 2. The Bertz CT molecular complexity index is 1020. The van der Waals surface area contributed by atoms with Crippen LogP contribution in [-0.4, -0.2) is 53.1 Å². The molecule has 1 aromatic heterocycles. The van der Waals surface area contributed by atoms with Gasteiger partial charge in [0.15, 0.2) is 0 Å². The minimum atomic E-state index is 0.210. The first-order valence-electron chi connectivity index (χ1n) is 11.2. The Morgan fingerprint density at radius 1 is 1.10 bits per heavy atom. The molecule has 4 atom stereocenters. The Balaban J connectivity index is 1.44. The van der Waals surface area contributed by atoms with Gasteiger partial charge in [-0.2, -0.15) is 0 Å². The Morgan fingerprint density at radius 3 is 2.81 bits per heavy atom. The molecular formula is C24H29Cl2N5. The number of benzene rings is 2. The number of nitrogens with zero attached hydrogens (tertiary/aromatic N) is 2. The number of rotatable bonds is 4. The first-order chi connectivity index (χ1) is 15.1. The summed E-state index contributed by atoms with van der Waals surface area (Å²) in [7, 11) is 0. The van der Waals surface area contributed by atoms with Crippen LogP contribution in [-0.2, 0) is 0 Å². The molecule has 7 heteroatoms. The number of nitrogens with one attached hydrogen (secondary N) is 3. The highest BCUT2D eigenvalue weighted by Gasteiger charge is 2.38. The van der Waals surface area contributed by atoms with Gasteiger partial charge in [-0.05, 0) is 62.7 Å². The molecule has 5 nitrogen and oxygen atoms in total. The fourth-order valence-electron chi connectivity index (χ4n) is 5.33. The summed E-state index contributed by atoms with van der Waals surface area (Å²) in [6, 6.07) is 15.3. The smallest absolute Gasteiger partial charge is 0.125 e. The van der Waals surface area contributed by atoms with Crippen molar-refractivity contribution in [2.24, 2.45) is 0 Å². The van der Waals surface area contributed by atoms with E-state index in [2.05, 4.69) is 51.7 Å². The van der Waals surface area contributed by atoms with Crippen molar-refractivity contribution < 1.29 is 0 Å². The molecule has 0 amide bonds. The molecule has 164 valence electrons. The molecule has 31 heavy (non-hydrogen) atoms. The summed E-state index contributed by atoms with van der Waals surface area (Å²) in [4.78, 5) is 11.2. The van der Waals surface area contributed by atoms with E-state index in [9.17, 15) is 0 Å². The Hall–Kier alpha value is -1.63. The van der Waals surface area contributed by atoms with Crippen LogP contribution in [0.2, 0.25) is 10.0 Å². The number of H-pyrrole nitrogens is 1. The highest BCUT2D eigenvalue weighted by Crippen LogP contribution is 2.36. The molecule has 2 aromatic carbocycles. The van der Waals surface area contributed by atoms with Gasteiger partial charge in [0.05, 0.1) is 27.1 Å². The summed E-state index contributed by atoms with van der Waals surface area (Å²) >= 11 is 12.5. The van der Waals surface area contributed by atoms with Gasteiger partial charge in [0.1, 0.15) is 5.82 Å². The summed E-state index contributed by atoms with van der Waals surface area (Å²) in [5, 5.41) is 8.66. The number of imidazole rings is 1. The third-order valence-corrected chi connectivity index (χ3v) is 7.65. The molecule has 0 spiro atoms. The highest BCUT2D eigenvalue weighted by atomic mass is 35.5. The van der Waals surface area contributed by atoms with Crippen LogP contribution in [0, 0.1) is 0 Å². The number of aromatic amines is 1. The lowest BCUT2D eigenvalue weighted by Gasteiger charge is -2.39. The predicted molar refractivity (Wildman–Crippen MR) is 128 cm³/mol. The van der Waals surface area contributed by atoms with Crippen LogP contribution >= 0.6 is 23.2 Å². The Morgan fingerprint density at radius 2 is 1.97 bits per heavy atom. The molecule has 0 saturated carbocycles. The van der Waals surface area contributed by atoms with E-state index in [0.717, 1.165) is 55.9 Å². The van der Waals surface area contributed by atoms with Gasteiger partial charge in [-0.3, -0.25) is 4.90 Å². The Kier molecular flexibility index (Phi) is 6.22. The van der Waals surface area contributed by atoms with Crippen LogP contribution in [0.3, 0.4) is 0 Å². The largest absolute Gasteiger partial charge is 0.341 e. The topological polar surface area (TPSA) is 56.0 Å². The van der Waals surface area contributed by atoms with Crippen molar-refractivity contribution in [1.82, 2.24) is 25.5 Å². The minimum absolute atomic E-state index is 0.210. The van der Waals surface area contributed by atoms with Crippen molar-refractivity contribution in [3.8, 4) is 0 Å². The lowest BCUT2D eigenvalue weighted by molar-refractivity contribution is 0.119. The third-order valence-electron chi connectivity index (χ3n) is 6.91. The predicted octanol–water partition coefficient (Wildman–Crippen LogP) is 4.74. The van der Waals surface area contributed by atoms with Gasteiger partial charge in [-0.1, -0.05) is 41.4 Å². The SMILES string of the molecule is CC(C1NCCC1c1ccc(Cl)c(Cl)c1)N1CCCNCC1c1nc2ccccc2[nH]1. The molecule has 2 fully saturated rings. The quantitative estimate of drug-likeness (QED) is 0.529. The van der Waals surface area contributed by atoms with Crippen molar-refractivity contribution >= 4 is 34.2 Å². The Labute approximate surface area is 193 Å². The first kappa shape index (κ1) is 21.2. The average Bonchev–Trinajstić information content (AvgIpc) is 3.36. The third kappa shape index (κ3) is 4.22. The maximum absolute atomic E-state index is 6.35. The average molecular weight is 458 g/mol. The number of hydrogen-bond acceptors (Lipinski definition) is 4. The van der Waals surface area contributed by atoms with Crippen LogP contribution < -0.4 is 10.6 Å². The molecule has 5 rings (SSSR count). The van der Waals surface area contributed by atoms with Crippen LogP contribution in [0.25, 0.3) is 11.0 Å². The molecule has 4 unspecified atom stereocenters. The summed E-state index contributed by atoms with van der Waals surface area (Å²) < 4.78 is 0. The zero-order valence-corrected chi connectivity index (χ0v) is 19.3. The van der Waals surface area contributed by atoms with E-state index in [1.807, 2.05) is 18.2 Å². The van der Waals surface area contributed by atoms with E-state index >= 15 is 0 Å². The molecule has 0 aliphatic carbocycles. The van der Waals surface area contributed by atoms with Gasteiger partial charge < -0.3 is 15.6 Å². The number of hydrogen-bond donors (Lipinski definition) is 3. The standard InChI is InChI=1S/C24H29Cl2N5/c1-15(23-17(9-11-28-23)16-7-8-18(25)19(26)13-16)31-12-4-10-27-14-22(31)24-29-20-5-2-3-6-21(20)30-24/h2-3,5-8,13,15,17,22-23,27-28H,4,9-12,14H2,1H3,(H,29,30). The molecule has 0 radical (unpaired) electrons. The monoisotopic (exact) mass is 457 g/mol. The zero-order chi connectivity index (χ0) is 21.4. The summed E-state index contributed by atoms with van der Waals surface area (Å²) in [6.07, 6.45) is 2.24. The summed E-state index contributed by atoms with van der Waals surface area (Å²) in [5.74, 6) is 1.46. The molecular weight excluding hydrogens is 429 g/mol. The van der Waals surface area contributed by atoms with E-state index in [1.54, 1.807) is 0 Å². The van der Waals surface area contributed by atoms with E-state index in [4.69, 9.17) is 28.2 Å². The number of fused-ring (bicyclic) bond motifs is 1. The molecule has 2 aliphatic heterocycles. The molecule has 3 aromatic rings. The lowest BCUT2D eigenvalue weighted by atomic mass is 9.87. The number of halogens is 2. The second-order valence-corrected chi connectivity index (χ2v) is 9.55. The maximum atomic E-state index is 6.35. The maximum Gasteiger partial charge on any atom is 0.125 e. The van der Waals surface area contributed by atoms with Gasteiger partial charge in [0.2, 0.25) is 0 Å². The van der Waals surface area contributed by atoms with Crippen molar-refractivity contribution in [3.05, 3.63) is 63.9 Å². The van der Waals surface area contributed by atoms with Crippen LogP contribution in [0.4, 0.5) is 0 Å². The lowest BCUT2D eigenvalue weighted by Crippen LogP contribution is -2.50. The molecule has 3 N–H and O–H groups in total. The van der Waals surface area contributed by atoms with Gasteiger partial charge in [-0.15, -0.1) is 0 Å². The van der Waals surface area contributed by atoms with Crippen molar-refractivity contribution in [3.63, 3.8) is 0 Å².